The molecule has 1 aliphatic carbocycles. The number of aliphatic carboxylic acids is 1. The molecule has 1 aromatic heterocycles. The van der Waals surface area contributed by atoms with Crippen LogP contribution in [0, 0.1) is 5.82 Å². The number of benzene rings is 1. The van der Waals surface area contributed by atoms with Gasteiger partial charge in [-0.1, -0.05) is 6.07 Å². The molecule has 1 atom stereocenters. The van der Waals surface area contributed by atoms with E-state index < -0.39 is 23.7 Å². The number of carbonyl (C=O) groups excluding carboxylic acids is 1. The maximum atomic E-state index is 13.5. The molecule has 0 aliphatic heterocycles. The number of carbonyl (C=O) groups is 2. The number of methoxy groups -OCH3 is 1. The average molecular weight is 347 g/mol. The first kappa shape index (κ1) is 17.1. The van der Waals surface area contributed by atoms with Crippen LogP contribution < -0.4 is 5.32 Å². The second-order valence-electron chi connectivity index (χ2n) is 5.84. The molecular weight excluding hydrogens is 329 g/mol. The monoisotopic (exact) mass is 347 g/mol. The van der Waals surface area contributed by atoms with Crippen LogP contribution in [0.4, 0.5) is 4.39 Å². The zero-order valence-electron chi connectivity index (χ0n) is 13.7. The van der Waals surface area contributed by atoms with Gasteiger partial charge in [-0.25, -0.2) is 13.9 Å². The van der Waals surface area contributed by atoms with E-state index in [-0.39, 0.29) is 12.3 Å². The van der Waals surface area contributed by atoms with Gasteiger partial charge in [0.25, 0.3) is 5.91 Å². The number of amides is 1. The van der Waals surface area contributed by atoms with Crippen molar-refractivity contribution in [3.05, 3.63) is 47.0 Å². The number of nitrogens with zero attached hydrogens (tertiary/aromatic N) is 2. The highest BCUT2D eigenvalue weighted by Gasteiger charge is 2.29. The molecule has 0 radical (unpaired) electrons. The summed E-state index contributed by atoms with van der Waals surface area (Å²) in [5.74, 6) is -2.15. The van der Waals surface area contributed by atoms with E-state index in [9.17, 15) is 14.0 Å². The Hall–Kier alpha value is -2.74. The van der Waals surface area contributed by atoms with E-state index in [2.05, 4.69) is 10.4 Å². The van der Waals surface area contributed by atoms with E-state index >= 15 is 0 Å². The van der Waals surface area contributed by atoms with E-state index in [1.54, 1.807) is 16.8 Å². The van der Waals surface area contributed by atoms with Crippen molar-refractivity contribution in [1.82, 2.24) is 15.1 Å². The van der Waals surface area contributed by atoms with Crippen LogP contribution in [0.25, 0.3) is 5.69 Å². The second-order valence-corrected chi connectivity index (χ2v) is 5.84. The summed E-state index contributed by atoms with van der Waals surface area (Å²) in [6.07, 6.45) is 2.27. The summed E-state index contributed by atoms with van der Waals surface area (Å²) in [6, 6.07) is 4.81. The number of carboxylic acid groups (broad SMARTS) is 1. The van der Waals surface area contributed by atoms with Crippen LogP contribution in [0.1, 0.15) is 28.2 Å². The molecule has 1 aliphatic rings. The second kappa shape index (κ2) is 7.02. The van der Waals surface area contributed by atoms with Gasteiger partial charge in [0.2, 0.25) is 0 Å². The minimum absolute atomic E-state index is 0.145. The van der Waals surface area contributed by atoms with Crippen LogP contribution >= 0.6 is 0 Å². The van der Waals surface area contributed by atoms with Gasteiger partial charge in [-0.05, 0) is 37.5 Å². The van der Waals surface area contributed by atoms with Crippen LogP contribution in [-0.2, 0) is 22.4 Å². The Morgan fingerprint density at radius 3 is 2.92 bits per heavy atom. The summed E-state index contributed by atoms with van der Waals surface area (Å²) in [5.41, 5.74) is 2.35. The highest BCUT2D eigenvalue weighted by Crippen LogP contribution is 2.28. The molecule has 0 spiro atoms. The Morgan fingerprint density at radius 1 is 1.44 bits per heavy atom. The fraction of sp³-hybridized carbons (Fsp3) is 0.353. The van der Waals surface area contributed by atoms with Crippen molar-refractivity contribution in [1.29, 1.82) is 0 Å². The smallest absolute Gasteiger partial charge is 0.328 e. The third-order valence-corrected chi connectivity index (χ3v) is 4.13. The lowest BCUT2D eigenvalue weighted by Gasteiger charge is -2.12. The number of aromatic nitrogens is 2. The molecule has 1 amide bonds. The molecule has 3 rings (SSSR count). The standard InChI is InChI=1S/C17H18FN3O4/c1-25-9-13(17(23)24)19-16(22)15-12-6-3-7-14(12)21(20-15)11-5-2-4-10(18)8-11/h2,4-5,8,13H,3,6-7,9H2,1H3,(H,19,22)(H,23,24). The number of halogens is 1. The third kappa shape index (κ3) is 3.39. The highest BCUT2D eigenvalue weighted by atomic mass is 19.1. The predicted molar refractivity (Wildman–Crippen MR) is 86.3 cm³/mol. The lowest BCUT2D eigenvalue weighted by Crippen LogP contribution is -2.44. The molecule has 0 saturated heterocycles. The number of fused-ring (bicyclic) bond motifs is 1. The molecule has 0 saturated carbocycles. The first-order valence-corrected chi connectivity index (χ1v) is 7.90. The van der Waals surface area contributed by atoms with Crippen molar-refractivity contribution in [2.45, 2.75) is 25.3 Å². The van der Waals surface area contributed by atoms with Gasteiger partial charge in [0.05, 0.1) is 12.3 Å². The van der Waals surface area contributed by atoms with Crippen molar-refractivity contribution in [3.63, 3.8) is 0 Å². The predicted octanol–water partition coefficient (Wildman–Crippen LogP) is 1.33. The molecule has 1 aromatic carbocycles. The van der Waals surface area contributed by atoms with E-state index in [4.69, 9.17) is 9.84 Å². The van der Waals surface area contributed by atoms with E-state index in [1.165, 1.54) is 19.2 Å². The van der Waals surface area contributed by atoms with Crippen molar-refractivity contribution in [2.75, 3.05) is 13.7 Å². The number of nitrogens with one attached hydrogen (secondary N) is 1. The minimum atomic E-state index is -1.18. The summed E-state index contributed by atoms with van der Waals surface area (Å²) in [5, 5.41) is 15.9. The summed E-state index contributed by atoms with van der Waals surface area (Å²) >= 11 is 0. The summed E-state index contributed by atoms with van der Waals surface area (Å²) in [6.45, 7) is -0.145. The van der Waals surface area contributed by atoms with Gasteiger partial charge in [-0.15, -0.1) is 0 Å². The quantitative estimate of drug-likeness (QED) is 0.822. The Labute approximate surface area is 143 Å². The topological polar surface area (TPSA) is 93.5 Å². The van der Waals surface area contributed by atoms with Crippen molar-refractivity contribution in [3.8, 4) is 5.69 Å². The van der Waals surface area contributed by atoms with E-state index in [0.29, 0.717) is 12.1 Å². The Kier molecular flexibility index (Phi) is 4.80. The molecule has 8 heteroatoms. The van der Waals surface area contributed by atoms with Crippen molar-refractivity contribution >= 4 is 11.9 Å². The molecule has 0 fully saturated rings. The average Bonchev–Trinajstić information content (AvgIpc) is 3.16. The fourth-order valence-corrected chi connectivity index (χ4v) is 3.01. The van der Waals surface area contributed by atoms with Crippen molar-refractivity contribution < 1.29 is 23.8 Å². The van der Waals surface area contributed by atoms with Crippen LogP contribution in [0.3, 0.4) is 0 Å². The number of hydrogen-bond donors (Lipinski definition) is 2. The summed E-state index contributed by atoms with van der Waals surface area (Å²) in [7, 11) is 1.36. The Bertz CT molecular complexity index is 818. The third-order valence-electron chi connectivity index (χ3n) is 4.13. The first-order valence-electron chi connectivity index (χ1n) is 7.90. The maximum Gasteiger partial charge on any atom is 0.328 e. The number of rotatable bonds is 6. The molecule has 7 nitrogen and oxygen atoms in total. The zero-order valence-corrected chi connectivity index (χ0v) is 13.7. The zero-order chi connectivity index (χ0) is 18.0. The van der Waals surface area contributed by atoms with Crippen molar-refractivity contribution in [2.24, 2.45) is 0 Å². The molecule has 132 valence electrons. The molecule has 2 aromatic rings. The first-order chi connectivity index (χ1) is 12.0. The molecular formula is C17H18FN3O4. The maximum absolute atomic E-state index is 13.5. The van der Waals surface area contributed by atoms with Gasteiger partial charge in [-0.3, -0.25) is 4.79 Å². The lowest BCUT2D eigenvalue weighted by atomic mass is 10.2. The summed E-state index contributed by atoms with van der Waals surface area (Å²) < 4.78 is 19.9. The van der Waals surface area contributed by atoms with Crippen LogP contribution in [0.5, 0.6) is 0 Å². The van der Waals surface area contributed by atoms with Gasteiger partial charge in [0.15, 0.2) is 11.7 Å². The molecule has 0 bridgehead atoms. The highest BCUT2D eigenvalue weighted by molar-refractivity contribution is 5.96. The fourth-order valence-electron chi connectivity index (χ4n) is 3.01. The lowest BCUT2D eigenvalue weighted by molar-refractivity contribution is -0.140. The largest absolute Gasteiger partial charge is 0.480 e. The normalized spacial score (nSPS) is 14.2. The van der Waals surface area contributed by atoms with Crippen LogP contribution in [-0.4, -0.2) is 46.5 Å². The van der Waals surface area contributed by atoms with Gasteiger partial charge in [0.1, 0.15) is 5.82 Å². The van der Waals surface area contributed by atoms with Gasteiger partial charge < -0.3 is 15.2 Å². The van der Waals surface area contributed by atoms with Gasteiger partial charge >= 0.3 is 5.97 Å². The molecule has 1 heterocycles. The Morgan fingerprint density at radius 2 is 2.24 bits per heavy atom. The molecule has 25 heavy (non-hydrogen) atoms. The number of hydrogen-bond acceptors (Lipinski definition) is 4. The minimum Gasteiger partial charge on any atom is -0.480 e. The van der Waals surface area contributed by atoms with Crippen LogP contribution in [0.15, 0.2) is 24.3 Å². The van der Waals surface area contributed by atoms with Gasteiger partial charge in [0, 0.05) is 18.4 Å². The molecule has 1 unspecified atom stereocenters. The van der Waals surface area contributed by atoms with Gasteiger partial charge in [-0.2, -0.15) is 5.10 Å². The molecule has 2 N–H and O–H groups in total. The summed E-state index contributed by atoms with van der Waals surface area (Å²) in [4.78, 5) is 23.7. The number of carboxylic acids is 1. The Balaban J connectivity index is 1.94. The van der Waals surface area contributed by atoms with E-state index in [1.807, 2.05) is 0 Å². The number of ether oxygens (including phenoxy) is 1. The van der Waals surface area contributed by atoms with Crippen LogP contribution in [0.2, 0.25) is 0 Å². The SMILES string of the molecule is COCC(NC(=O)c1nn(-c2cccc(F)c2)c2c1CCC2)C(=O)O. The van der Waals surface area contributed by atoms with E-state index in [0.717, 1.165) is 24.1 Å².